The van der Waals surface area contributed by atoms with Gasteiger partial charge < -0.3 is 10.6 Å². The zero-order valence-corrected chi connectivity index (χ0v) is 17.5. The highest BCUT2D eigenvalue weighted by Gasteiger charge is 2.25. The molecule has 0 bridgehead atoms. The van der Waals surface area contributed by atoms with Crippen molar-refractivity contribution >= 4 is 44.8 Å². The molecule has 1 aliphatic heterocycles. The monoisotopic (exact) mass is 418 g/mol. The third-order valence-corrected chi connectivity index (χ3v) is 7.50. The maximum Gasteiger partial charge on any atom is 0.234 e. The number of carbonyl (C=O) groups is 2. The largest absolute Gasteiger partial charge is 0.326 e. The summed E-state index contributed by atoms with van der Waals surface area (Å²) in [5.74, 6) is -1.24. The Labute approximate surface area is 169 Å². The van der Waals surface area contributed by atoms with E-state index >= 15 is 0 Å². The normalized spacial score (nSPS) is 14.8. The summed E-state index contributed by atoms with van der Waals surface area (Å²) in [6.45, 7) is 5.40. The molecule has 3 rings (SSSR count). The lowest BCUT2D eigenvalue weighted by Gasteiger charge is -2.18. The van der Waals surface area contributed by atoms with Crippen LogP contribution in [0.5, 0.6) is 0 Å². The molecule has 1 aliphatic rings. The van der Waals surface area contributed by atoms with E-state index in [1.807, 2.05) is 32.0 Å². The summed E-state index contributed by atoms with van der Waals surface area (Å²) in [6.07, 6.45) is 0. The molecule has 0 fully saturated rings. The van der Waals surface area contributed by atoms with Gasteiger partial charge in [-0.05, 0) is 49.2 Å². The topological polar surface area (TPSA) is 92.3 Å². The minimum atomic E-state index is -3.69. The predicted octanol–water partition coefficient (Wildman–Crippen LogP) is 3.40. The van der Waals surface area contributed by atoms with E-state index in [2.05, 4.69) is 10.6 Å². The summed E-state index contributed by atoms with van der Waals surface area (Å²) in [5, 5.41) is 5.51. The zero-order chi connectivity index (χ0) is 20.5. The van der Waals surface area contributed by atoms with Gasteiger partial charge in [-0.2, -0.15) is 0 Å². The van der Waals surface area contributed by atoms with Crippen molar-refractivity contribution in [3.63, 3.8) is 0 Å². The first-order chi connectivity index (χ1) is 13.2. The van der Waals surface area contributed by atoms with Crippen molar-refractivity contribution in [3.8, 4) is 0 Å². The summed E-state index contributed by atoms with van der Waals surface area (Å²) in [5.41, 5.74) is 3.10. The van der Waals surface area contributed by atoms with E-state index < -0.39 is 15.8 Å². The number of hydrogen-bond donors (Lipinski definition) is 2. The Kier molecular flexibility index (Phi) is 5.81. The van der Waals surface area contributed by atoms with Crippen LogP contribution in [0.25, 0.3) is 0 Å². The number of sulfone groups is 1. The smallest absolute Gasteiger partial charge is 0.234 e. The third kappa shape index (κ3) is 4.56. The quantitative estimate of drug-likeness (QED) is 0.776. The van der Waals surface area contributed by atoms with E-state index in [0.29, 0.717) is 17.1 Å². The molecule has 0 radical (unpaired) electrons. The lowest BCUT2D eigenvalue weighted by Crippen LogP contribution is -2.27. The minimum absolute atomic E-state index is 0.0976. The van der Waals surface area contributed by atoms with Crippen LogP contribution in [-0.2, 0) is 19.4 Å². The predicted molar refractivity (Wildman–Crippen MR) is 112 cm³/mol. The van der Waals surface area contributed by atoms with Crippen molar-refractivity contribution in [1.82, 2.24) is 0 Å². The Morgan fingerprint density at radius 3 is 2.71 bits per heavy atom. The first kappa shape index (κ1) is 20.4. The fourth-order valence-corrected chi connectivity index (χ4v) is 5.25. The molecular weight excluding hydrogens is 396 g/mol. The highest BCUT2D eigenvalue weighted by Crippen LogP contribution is 2.33. The number of hydrogen-bond acceptors (Lipinski definition) is 5. The Hall–Kier alpha value is -2.32. The summed E-state index contributed by atoms with van der Waals surface area (Å²) < 4.78 is 25.6. The van der Waals surface area contributed by atoms with Crippen LogP contribution in [-0.4, -0.2) is 31.7 Å². The van der Waals surface area contributed by atoms with Crippen molar-refractivity contribution in [3.05, 3.63) is 47.5 Å². The molecule has 0 unspecified atom stereocenters. The van der Waals surface area contributed by atoms with Crippen molar-refractivity contribution in [2.45, 2.75) is 30.6 Å². The van der Waals surface area contributed by atoms with Gasteiger partial charge in [0.25, 0.3) is 0 Å². The molecule has 2 aromatic rings. The Balaban J connectivity index is 1.74. The second-order valence-corrected chi connectivity index (χ2v) is 10.0. The first-order valence-electron chi connectivity index (χ1n) is 8.83. The van der Waals surface area contributed by atoms with E-state index in [-0.39, 0.29) is 22.5 Å². The fourth-order valence-electron chi connectivity index (χ4n) is 2.88. The highest BCUT2D eigenvalue weighted by molar-refractivity contribution is 8.00. The van der Waals surface area contributed by atoms with E-state index in [4.69, 9.17) is 0 Å². The maximum absolute atomic E-state index is 12.8. The summed E-state index contributed by atoms with van der Waals surface area (Å²) in [4.78, 5) is 25.0. The van der Waals surface area contributed by atoms with Gasteiger partial charge in [0, 0.05) is 16.5 Å². The average Bonchev–Trinajstić information content (AvgIpc) is 2.63. The number of benzene rings is 2. The van der Waals surface area contributed by atoms with Gasteiger partial charge in [-0.25, -0.2) is 8.42 Å². The van der Waals surface area contributed by atoms with Crippen LogP contribution in [0.3, 0.4) is 0 Å². The molecule has 6 nitrogen and oxygen atoms in total. The van der Waals surface area contributed by atoms with Crippen LogP contribution < -0.4 is 10.6 Å². The van der Waals surface area contributed by atoms with Gasteiger partial charge in [0.15, 0.2) is 9.84 Å². The van der Waals surface area contributed by atoms with Crippen LogP contribution in [0.2, 0.25) is 0 Å². The molecule has 2 aromatic carbocycles. The number of thioether (sulfide) groups is 1. The molecule has 0 aromatic heterocycles. The Bertz CT molecular complexity index is 1050. The van der Waals surface area contributed by atoms with Crippen LogP contribution in [0, 0.1) is 19.8 Å². The number of rotatable bonds is 5. The van der Waals surface area contributed by atoms with Gasteiger partial charge >= 0.3 is 0 Å². The lowest BCUT2D eigenvalue weighted by molar-refractivity contribution is -0.118. The molecular formula is C20H22N2O4S2. The van der Waals surface area contributed by atoms with E-state index in [9.17, 15) is 18.0 Å². The number of carbonyl (C=O) groups excluding carboxylic acids is 2. The second kappa shape index (κ2) is 7.97. The van der Waals surface area contributed by atoms with Gasteiger partial charge in [0.1, 0.15) is 0 Å². The van der Waals surface area contributed by atoms with Crippen molar-refractivity contribution in [2.24, 2.45) is 5.92 Å². The van der Waals surface area contributed by atoms with E-state index in [1.54, 1.807) is 13.0 Å². The van der Waals surface area contributed by atoms with Crippen molar-refractivity contribution in [2.75, 3.05) is 22.1 Å². The summed E-state index contributed by atoms with van der Waals surface area (Å²) >= 11 is 1.37. The molecule has 0 aliphatic carbocycles. The molecule has 1 heterocycles. The summed E-state index contributed by atoms with van der Waals surface area (Å²) in [7, 11) is -3.69. The lowest BCUT2D eigenvalue weighted by atomic mass is 10.1. The Morgan fingerprint density at radius 1 is 1.21 bits per heavy atom. The van der Waals surface area contributed by atoms with Gasteiger partial charge in [0.05, 0.1) is 22.1 Å². The average molecular weight is 419 g/mol. The van der Waals surface area contributed by atoms with Crippen LogP contribution in [0.1, 0.15) is 18.1 Å². The van der Waals surface area contributed by atoms with Gasteiger partial charge in [-0.15, -0.1) is 11.8 Å². The molecule has 0 saturated heterocycles. The van der Waals surface area contributed by atoms with Crippen molar-refractivity contribution in [1.29, 1.82) is 0 Å². The molecule has 2 amide bonds. The second-order valence-electron chi connectivity index (χ2n) is 6.98. The molecule has 0 saturated carbocycles. The standard InChI is InChI=1S/C20H22N2O4S2/c1-12-4-5-13(2)16(8-12)22-20(24)14(3)11-28(25,26)15-6-7-18-17(9-15)21-19(23)10-27-18/h4-9,14H,10-11H2,1-3H3,(H,21,23)(H,22,24)/t14-/m0/s1. The molecule has 0 spiro atoms. The third-order valence-electron chi connectivity index (χ3n) is 4.51. The molecule has 28 heavy (non-hydrogen) atoms. The van der Waals surface area contributed by atoms with Gasteiger partial charge in [0.2, 0.25) is 11.8 Å². The summed E-state index contributed by atoms with van der Waals surface area (Å²) in [6, 6.07) is 10.4. The number of anilines is 2. The maximum atomic E-state index is 12.8. The van der Waals surface area contributed by atoms with Crippen LogP contribution >= 0.6 is 11.8 Å². The SMILES string of the molecule is Cc1ccc(C)c(NC(=O)[C@@H](C)CS(=O)(=O)c2ccc3c(c2)NC(=O)CS3)c1. The highest BCUT2D eigenvalue weighted by atomic mass is 32.2. The molecule has 148 valence electrons. The van der Waals surface area contributed by atoms with Gasteiger partial charge in [-0.3, -0.25) is 9.59 Å². The Morgan fingerprint density at radius 2 is 1.96 bits per heavy atom. The number of aryl methyl sites for hydroxylation is 2. The number of fused-ring (bicyclic) bond motifs is 1. The number of nitrogens with one attached hydrogen (secondary N) is 2. The zero-order valence-electron chi connectivity index (χ0n) is 15.9. The van der Waals surface area contributed by atoms with E-state index in [1.165, 1.54) is 23.9 Å². The molecule has 8 heteroatoms. The van der Waals surface area contributed by atoms with Gasteiger partial charge in [-0.1, -0.05) is 19.1 Å². The fraction of sp³-hybridized carbons (Fsp3) is 0.300. The molecule has 1 atom stereocenters. The van der Waals surface area contributed by atoms with Crippen molar-refractivity contribution < 1.29 is 18.0 Å². The number of amides is 2. The molecule has 2 N–H and O–H groups in total. The van der Waals surface area contributed by atoms with E-state index in [0.717, 1.165) is 16.0 Å². The van der Waals surface area contributed by atoms with Crippen LogP contribution in [0.15, 0.2) is 46.2 Å². The minimum Gasteiger partial charge on any atom is -0.326 e. The van der Waals surface area contributed by atoms with Crippen LogP contribution in [0.4, 0.5) is 11.4 Å². The first-order valence-corrected chi connectivity index (χ1v) is 11.5.